The normalized spacial score (nSPS) is 24.5. The number of likely N-dealkylation sites (N-methyl/N-ethyl adjacent to an activating group) is 1. The van der Waals surface area contributed by atoms with Crippen LogP contribution in [-0.4, -0.2) is 172 Å². The number of carbonyl (C=O) groups excluding carboxylic acids is 2. The molecule has 2 heterocycles. The fourth-order valence-electron chi connectivity index (χ4n) is 7.47. The first-order valence-corrected chi connectivity index (χ1v) is 24.3. The second-order valence-corrected chi connectivity index (χ2v) is 16.5. The molecule has 0 saturated carbocycles. The summed E-state index contributed by atoms with van der Waals surface area (Å²) < 4.78 is 17.3. The van der Waals surface area contributed by atoms with Crippen LogP contribution in [0.4, 0.5) is 4.79 Å². The quantitative estimate of drug-likeness (QED) is 0.0374. The third kappa shape index (κ3) is 31.1. The number of rotatable bonds is 21. The fourth-order valence-corrected chi connectivity index (χ4v) is 7.47. The summed E-state index contributed by atoms with van der Waals surface area (Å²) >= 11 is 0. The van der Waals surface area contributed by atoms with Crippen molar-refractivity contribution in [3.05, 3.63) is 0 Å². The van der Waals surface area contributed by atoms with Gasteiger partial charge >= 0.3 is 6.03 Å². The molecule has 386 valence electrons. The van der Waals surface area contributed by atoms with E-state index in [1.807, 2.05) is 83.1 Å². The lowest BCUT2D eigenvalue weighted by Gasteiger charge is -2.39. The zero-order valence-electron chi connectivity index (χ0n) is 44.3. The number of ether oxygens (including phenoxy) is 3. The number of nitrogens with one attached hydrogen (secondary N) is 1. The maximum atomic E-state index is 12.1. The van der Waals surface area contributed by atoms with Crippen molar-refractivity contribution in [3.8, 4) is 12.8 Å². The molecule has 0 aromatic carbocycles. The molecule has 7 N–H and O–H groups in total. The SMILES string of the molecule is C#C.CC.CC.CC.CCN(CC)CCCNC(=O)N(C)C1CC(C)OC(O)C1.CC[C@@H](O)C(O)N(C)C[C@H](C)C[C@@](C)(O)CC[C@H](O[C@H]1C[C@H](C)[C@@H](O)[C@H](C)O1)[C@@H](C)C(C)=O.CO. The van der Waals surface area contributed by atoms with Gasteiger partial charge in [-0.05, 0) is 105 Å². The van der Waals surface area contributed by atoms with Gasteiger partial charge in [-0.2, -0.15) is 0 Å². The van der Waals surface area contributed by atoms with Gasteiger partial charge in [0.1, 0.15) is 12.0 Å². The molecular weight excluding hydrogens is 821 g/mol. The van der Waals surface area contributed by atoms with Crippen LogP contribution >= 0.6 is 0 Å². The van der Waals surface area contributed by atoms with Gasteiger partial charge in [-0.3, -0.25) is 9.69 Å². The van der Waals surface area contributed by atoms with E-state index in [9.17, 15) is 35.1 Å². The van der Waals surface area contributed by atoms with E-state index in [0.717, 1.165) is 39.6 Å². The van der Waals surface area contributed by atoms with E-state index in [2.05, 4.69) is 36.9 Å². The van der Waals surface area contributed by atoms with Gasteiger partial charge in [0.15, 0.2) is 12.6 Å². The highest BCUT2D eigenvalue weighted by Crippen LogP contribution is 2.31. The number of amides is 2. The van der Waals surface area contributed by atoms with Gasteiger partial charge in [-0.15, -0.1) is 12.8 Å². The summed E-state index contributed by atoms with van der Waals surface area (Å²) in [5.41, 5.74) is -0.975. The Morgan fingerprint density at radius 1 is 0.906 bits per heavy atom. The fraction of sp³-hybridized carbons (Fsp3) is 0.918. The number of urea groups is 1. The van der Waals surface area contributed by atoms with Crippen LogP contribution in [0.3, 0.4) is 0 Å². The van der Waals surface area contributed by atoms with Crippen LogP contribution in [0.1, 0.15) is 162 Å². The molecule has 2 aliphatic heterocycles. The third-order valence-electron chi connectivity index (χ3n) is 11.2. The standard InChI is InChI=1S/C25H49NO7.C15H31N3O3.3C2H6.C2H2.CH4O/c1-9-20(28)24(30)26(8)14-15(2)13-25(7,31)11-10-21(17(4)18(5)27)33-22-12-16(3)23(29)19(6)32-22;1-5-18(6-2)9-7-8-16-15(20)17(4)13-10-12(3)21-14(19)11-13;5*1-2/h15-17,19-24,28-31H,9-14H2,1-8H3;12-14,19H,5-11H2,1-4H3,(H,16,20);3*1-2H3;1-2H;2H,1H3/t15-,16+,17+,19+,20-,21+,22+,23-,24?,25+;;;;;;/m1....../s1. The molecule has 2 rings (SSSR count). The Morgan fingerprint density at radius 2 is 1.44 bits per heavy atom. The second-order valence-electron chi connectivity index (χ2n) is 16.5. The maximum Gasteiger partial charge on any atom is 0.317 e. The van der Waals surface area contributed by atoms with Gasteiger partial charge in [-0.1, -0.05) is 83.1 Å². The van der Waals surface area contributed by atoms with Crippen molar-refractivity contribution in [3.63, 3.8) is 0 Å². The van der Waals surface area contributed by atoms with Crippen molar-refractivity contribution in [2.24, 2.45) is 17.8 Å². The molecule has 13 atom stereocenters. The Morgan fingerprint density at radius 3 is 1.89 bits per heavy atom. The van der Waals surface area contributed by atoms with Gasteiger partial charge in [-0.25, -0.2) is 4.79 Å². The lowest BCUT2D eigenvalue weighted by molar-refractivity contribution is -0.253. The topological polar surface area (TPSA) is 205 Å². The number of hydrogen-bond acceptors (Lipinski definition) is 13. The summed E-state index contributed by atoms with van der Waals surface area (Å²) in [5, 5.41) is 60.8. The Balaban J connectivity index is -0.000000321. The van der Waals surface area contributed by atoms with E-state index in [0.29, 0.717) is 51.6 Å². The van der Waals surface area contributed by atoms with E-state index in [1.165, 1.54) is 0 Å². The van der Waals surface area contributed by atoms with Gasteiger partial charge in [0.2, 0.25) is 0 Å². The summed E-state index contributed by atoms with van der Waals surface area (Å²) in [4.78, 5) is 30.0. The van der Waals surface area contributed by atoms with Gasteiger partial charge in [0.05, 0.1) is 36.1 Å². The minimum Gasteiger partial charge on any atom is -0.400 e. The summed E-state index contributed by atoms with van der Waals surface area (Å²) in [6.45, 7) is 35.3. The summed E-state index contributed by atoms with van der Waals surface area (Å²) in [5.74, 6) is -0.195. The molecule has 2 aliphatic rings. The van der Waals surface area contributed by atoms with Crippen molar-refractivity contribution in [2.75, 3.05) is 53.9 Å². The van der Waals surface area contributed by atoms with Crippen molar-refractivity contribution in [1.29, 1.82) is 0 Å². The van der Waals surface area contributed by atoms with E-state index < -0.39 is 42.7 Å². The van der Waals surface area contributed by atoms with E-state index in [4.69, 9.17) is 19.3 Å². The smallest absolute Gasteiger partial charge is 0.317 e. The van der Waals surface area contributed by atoms with Crippen LogP contribution in [0.15, 0.2) is 0 Å². The van der Waals surface area contributed by atoms with E-state index in [-0.39, 0.29) is 47.8 Å². The average molecular weight is 925 g/mol. The van der Waals surface area contributed by atoms with Crippen LogP contribution in [0.25, 0.3) is 0 Å². The summed E-state index contributed by atoms with van der Waals surface area (Å²) in [7, 11) is 4.55. The number of carbonyl (C=O) groups is 2. The minimum atomic E-state index is -0.975. The molecule has 64 heavy (non-hydrogen) atoms. The third-order valence-corrected chi connectivity index (χ3v) is 11.2. The van der Waals surface area contributed by atoms with Gasteiger partial charge in [0.25, 0.3) is 0 Å². The van der Waals surface area contributed by atoms with Crippen molar-refractivity contribution < 1.29 is 54.4 Å². The highest BCUT2D eigenvalue weighted by atomic mass is 16.7. The zero-order chi connectivity index (χ0) is 51.3. The molecule has 0 aromatic rings. The number of aliphatic hydroxyl groups is 6. The van der Waals surface area contributed by atoms with Crippen LogP contribution < -0.4 is 5.32 Å². The average Bonchev–Trinajstić information content (AvgIpc) is 3.28. The number of aliphatic hydroxyl groups excluding tert-OH is 5. The Hall–Kier alpha value is -1.94. The van der Waals surface area contributed by atoms with Crippen LogP contribution in [-0.2, 0) is 19.0 Å². The molecule has 15 heteroatoms. The maximum absolute atomic E-state index is 12.1. The Kier molecular flexibility index (Phi) is 47.1. The summed E-state index contributed by atoms with van der Waals surface area (Å²) in [6.07, 6.45) is 8.39. The molecule has 0 bridgehead atoms. The molecule has 2 fully saturated rings. The minimum absolute atomic E-state index is 0.0170. The van der Waals surface area contributed by atoms with Crippen LogP contribution in [0.2, 0.25) is 0 Å². The van der Waals surface area contributed by atoms with Crippen molar-refractivity contribution >= 4 is 11.8 Å². The lowest BCUT2D eigenvalue weighted by atomic mass is 9.85. The second kappa shape index (κ2) is 42.4. The van der Waals surface area contributed by atoms with Crippen molar-refractivity contribution in [1.82, 2.24) is 20.0 Å². The predicted molar refractivity (Wildman–Crippen MR) is 263 cm³/mol. The molecule has 0 aliphatic carbocycles. The first kappa shape index (κ1) is 71.1. The molecule has 0 aromatic heterocycles. The largest absolute Gasteiger partial charge is 0.400 e. The number of nitrogens with zero attached hydrogens (tertiary/aromatic N) is 3. The first-order chi connectivity index (χ1) is 30.2. The highest BCUT2D eigenvalue weighted by molar-refractivity contribution is 5.78. The monoisotopic (exact) mass is 925 g/mol. The number of terminal acetylenes is 1. The number of hydrogen-bond donors (Lipinski definition) is 7. The van der Waals surface area contributed by atoms with E-state index >= 15 is 0 Å². The summed E-state index contributed by atoms with van der Waals surface area (Å²) in [6, 6.07) is -0.0348. The van der Waals surface area contributed by atoms with Crippen LogP contribution in [0.5, 0.6) is 0 Å². The Labute approximate surface area is 393 Å². The molecule has 15 nitrogen and oxygen atoms in total. The molecule has 0 spiro atoms. The first-order valence-electron chi connectivity index (χ1n) is 24.3. The van der Waals surface area contributed by atoms with Gasteiger partial charge < -0.3 is 60.0 Å². The molecule has 2 saturated heterocycles. The molecule has 0 radical (unpaired) electrons. The molecule has 2 amide bonds. The highest BCUT2D eigenvalue weighted by Gasteiger charge is 2.37. The Bertz CT molecular complexity index is 1080. The van der Waals surface area contributed by atoms with Crippen LogP contribution in [0, 0.1) is 30.6 Å². The number of Topliss-reactive ketones (excluding diaryl/α,β-unsaturated/α-hetero) is 1. The predicted octanol–water partition coefficient (Wildman–Crippen LogP) is 6.49. The van der Waals surface area contributed by atoms with Crippen molar-refractivity contribution in [2.45, 2.75) is 223 Å². The van der Waals surface area contributed by atoms with Gasteiger partial charge in [0, 0.05) is 52.0 Å². The zero-order valence-corrected chi connectivity index (χ0v) is 44.3. The molecular formula is C49H104N4O11. The molecule has 4 unspecified atom stereocenters. The van der Waals surface area contributed by atoms with E-state index in [1.54, 1.807) is 37.7 Å². The lowest BCUT2D eigenvalue weighted by Crippen LogP contribution is -2.49. The number of ketones is 1.